The number of rotatable bonds is 3. The molecule has 0 aliphatic carbocycles. The lowest BCUT2D eigenvalue weighted by atomic mass is 10.2. The van der Waals surface area contributed by atoms with Crippen LogP contribution in [-0.2, 0) is 13.5 Å². The Hall–Kier alpha value is -1.89. The van der Waals surface area contributed by atoms with E-state index in [-0.39, 0.29) is 5.82 Å². The lowest BCUT2D eigenvalue weighted by Crippen LogP contribution is -2.05. The van der Waals surface area contributed by atoms with Crippen LogP contribution in [0.15, 0.2) is 22.7 Å². The molecule has 2 aromatic heterocycles. The molecular formula is C14H15BrFN5. The number of hydrogen-bond donors (Lipinski definition) is 1. The van der Waals surface area contributed by atoms with Gasteiger partial charge >= 0.3 is 0 Å². The van der Waals surface area contributed by atoms with E-state index >= 15 is 0 Å². The van der Waals surface area contributed by atoms with Gasteiger partial charge in [0.1, 0.15) is 11.3 Å². The first-order chi connectivity index (χ1) is 10.0. The Morgan fingerprint density at radius 1 is 1.38 bits per heavy atom. The molecule has 1 aromatic carbocycles. The van der Waals surface area contributed by atoms with Gasteiger partial charge in [-0.1, -0.05) is 13.3 Å². The molecule has 5 nitrogen and oxygen atoms in total. The fraction of sp³-hybridized carbons (Fsp3) is 0.286. The summed E-state index contributed by atoms with van der Waals surface area (Å²) in [5.74, 6) is 0.0548. The molecule has 0 atom stereocenters. The van der Waals surface area contributed by atoms with Gasteiger partial charge in [0.15, 0.2) is 5.65 Å². The van der Waals surface area contributed by atoms with Crippen molar-refractivity contribution in [3.8, 4) is 5.69 Å². The van der Waals surface area contributed by atoms with Gasteiger partial charge in [-0.15, -0.1) is 0 Å². The second kappa shape index (κ2) is 5.14. The number of imidazole rings is 1. The van der Waals surface area contributed by atoms with E-state index in [2.05, 4.69) is 32.9 Å². The first-order valence-electron chi connectivity index (χ1n) is 6.68. The maximum Gasteiger partial charge on any atom is 0.207 e. The number of aryl methyl sites for hydroxylation is 2. The van der Waals surface area contributed by atoms with Crippen LogP contribution in [0.4, 0.5) is 10.3 Å². The van der Waals surface area contributed by atoms with Crippen LogP contribution < -0.4 is 5.73 Å². The summed E-state index contributed by atoms with van der Waals surface area (Å²) < 4.78 is 17.4. The Bertz CT molecular complexity index is 820. The summed E-state index contributed by atoms with van der Waals surface area (Å²) in [5.41, 5.74) is 9.35. The van der Waals surface area contributed by atoms with Gasteiger partial charge in [0, 0.05) is 7.05 Å². The van der Waals surface area contributed by atoms with Gasteiger partial charge in [0.05, 0.1) is 15.9 Å². The number of nitrogens with zero attached hydrogens (tertiary/aromatic N) is 4. The van der Waals surface area contributed by atoms with Gasteiger partial charge in [-0.05, 0) is 40.5 Å². The standard InChI is InChI=1S/C14H15BrFN5/c1-3-4-11-12-13(20(2)19-11)21(14(17)18-12)8-5-6-10(16)9(15)7-8/h5-7H,3-4H2,1-2H3,(H2,17,18). The van der Waals surface area contributed by atoms with Crippen molar-refractivity contribution in [1.82, 2.24) is 19.3 Å². The van der Waals surface area contributed by atoms with E-state index in [4.69, 9.17) is 5.73 Å². The molecule has 0 aliphatic heterocycles. The van der Waals surface area contributed by atoms with Crippen molar-refractivity contribution in [1.29, 1.82) is 0 Å². The van der Waals surface area contributed by atoms with Crippen molar-refractivity contribution in [2.75, 3.05) is 5.73 Å². The third-order valence-electron chi connectivity index (χ3n) is 3.38. The Morgan fingerprint density at radius 3 is 2.81 bits per heavy atom. The van der Waals surface area contributed by atoms with Crippen LogP contribution in [0.2, 0.25) is 0 Å². The molecule has 7 heteroatoms. The van der Waals surface area contributed by atoms with Crippen molar-refractivity contribution < 1.29 is 4.39 Å². The number of nitrogen functional groups attached to an aromatic ring is 1. The molecule has 0 saturated heterocycles. The fourth-order valence-electron chi connectivity index (χ4n) is 2.48. The zero-order valence-corrected chi connectivity index (χ0v) is 13.4. The smallest absolute Gasteiger partial charge is 0.207 e. The SMILES string of the molecule is CCCc1nn(C)c2c1nc(N)n2-c1ccc(F)c(Br)c1. The molecule has 0 bridgehead atoms. The molecule has 0 radical (unpaired) electrons. The van der Waals surface area contributed by atoms with Gasteiger partial charge in [-0.3, -0.25) is 4.57 Å². The third kappa shape index (κ3) is 2.21. The lowest BCUT2D eigenvalue weighted by molar-refractivity contribution is 0.620. The van der Waals surface area contributed by atoms with E-state index in [0.29, 0.717) is 10.4 Å². The first kappa shape index (κ1) is 14.1. The summed E-state index contributed by atoms with van der Waals surface area (Å²) in [6.07, 6.45) is 1.84. The van der Waals surface area contributed by atoms with Crippen LogP contribution in [0.5, 0.6) is 0 Å². The molecule has 0 saturated carbocycles. The summed E-state index contributed by atoms with van der Waals surface area (Å²) in [6, 6.07) is 4.75. The summed E-state index contributed by atoms with van der Waals surface area (Å²) in [4.78, 5) is 4.43. The lowest BCUT2D eigenvalue weighted by Gasteiger charge is -2.07. The summed E-state index contributed by atoms with van der Waals surface area (Å²) in [5, 5.41) is 4.50. The van der Waals surface area contributed by atoms with E-state index in [1.807, 2.05) is 7.05 Å². The number of aromatic nitrogens is 4. The highest BCUT2D eigenvalue weighted by Gasteiger charge is 2.19. The van der Waals surface area contributed by atoms with Crippen LogP contribution in [0.1, 0.15) is 19.0 Å². The van der Waals surface area contributed by atoms with Crippen LogP contribution in [0.3, 0.4) is 0 Å². The molecule has 2 N–H and O–H groups in total. The van der Waals surface area contributed by atoms with Crippen molar-refractivity contribution >= 4 is 33.0 Å². The Balaban J connectivity index is 2.27. The molecule has 0 fully saturated rings. The van der Waals surface area contributed by atoms with Crippen molar-refractivity contribution in [2.24, 2.45) is 7.05 Å². The minimum absolute atomic E-state index is 0.314. The van der Waals surface area contributed by atoms with Gasteiger partial charge < -0.3 is 5.73 Å². The number of anilines is 1. The molecule has 2 heterocycles. The molecule has 110 valence electrons. The molecule has 0 amide bonds. The van der Waals surface area contributed by atoms with Gasteiger partial charge in [0.25, 0.3) is 0 Å². The van der Waals surface area contributed by atoms with Crippen LogP contribution in [0, 0.1) is 5.82 Å². The molecule has 0 spiro atoms. The van der Waals surface area contributed by atoms with E-state index in [9.17, 15) is 4.39 Å². The van der Waals surface area contributed by atoms with Crippen LogP contribution >= 0.6 is 15.9 Å². The second-order valence-electron chi connectivity index (χ2n) is 4.90. The molecular weight excluding hydrogens is 337 g/mol. The normalized spacial score (nSPS) is 11.4. The molecule has 21 heavy (non-hydrogen) atoms. The minimum atomic E-state index is -0.314. The Morgan fingerprint density at radius 2 is 2.14 bits per heavy atom. The van der Waals surface area contributed by atoms with Crippen molar-refractivity contribution in [3.63, 3.8) is 0 Å². The zero-order valence-electron chi connectivity index (χ0n) is 11.8. The largest absolute Gasteiger partial charge is 0.369 e. The predicted molar refractivity (Wildman–Crippen MR) is 83.9 cm³/mol. The summed E-state index contributed by atoms with van der Waals surface area (Å²) >= 11 is 3.20. The number of hydrogen-bond acceptors (Lipinski definition) is 3. The average Bonchev–Trinajstić information content (AvgIpc) is 2.92. The third-order valence-corrected chi connectivity index (χ3v) is 3.99. The molecule has 0 unspecified atom stereocenters. The van der Waals surface area contributed by atoms with Crippen LogP contribution in [0.25, 0.3) is 16.9 Å². The maximum absolute atomic E-state index is 13.4. The second-order valence-corrected chi connectivity index (χ2v) is 5.75. The fourth-order valence-corrected chi connectivity index (χ4v) is 2.85. The predicted octanol–water partition coefficient (Wildman–Crippen LogP) is 3.20. The molecule has 3 aromatic rings. The Kier molecular flexibility index (Phi) is 3.44. The van der Waals surface area contributed by atoms with Gasteiger partial charge in [0.2, 0.25) is 5.95 Å². The van der Waals surface area contributed by atoms with Gasteiger partial charge in [-0.2, -0.15) is 5.10 Å². The number of nitrogens with two attached hydrogens (primary N) is 1. The van der Waals surface area contributed by atoms with E-state index in [0.717, 1.165) is 35.4 Å². The number of halogens is 2. The van der Waals surface area contributed by atoms with E-state index in [1.165, 1.54) is 6.07 Å². The monoisotopic (exact) mass is 351 g/mol. The maximum atomic E-state index is 13.4. The topological polar surface area (TPSA) is 61.7 Å². The average molecular weight is 352 g/mol. The zero-order chi connectivity index (χ0) is 15.1. The highest BCUT2D eigenvalue weighted by Crippen LogP contribution is 2.28. The van der Waals surface area contributed by atoms with E-state index < -0.39 is 0 Å². The quantitative estimate of drug-likeness (QED) is 0.788. The van der Waals surface area contributed by atoms with Crippen molar-refractivity contribution in [3.05, 3.63) is 34.2 Å². The van der Waals surface area contributed by atoms with Gasteiger partial charge in [-0.25, -0.2) is 14.1 Å². The molecule has 3 rings (SSSR count). The highest BCUT2D eigenvalue weighted by atomic mass is 79.9. The number of benzene rings is 1. The summed E-state index contributed by atoms with van der Waals surface area (Å²) in [7, 11) is 1.86. The minimum Gasteiger partial charge on any atom is -0.369 e. The van der Waals surface area contributed by atoms with Crippen LogP contribution in [-0.4, -0.2) is 19.3 Å². The first-order valence-corrected chi connectivity index (χ1v) is 7.47. The molecule has 0 aliphatic rings. The summed E-state index contributed by atoms with van der Waals surface area (Å²) in [6.45, 7) is 2.10. The van der Waals surface area contributed by atoms with Crippen molar-refractivity contribution in [2.45, 2.75) is 19.8 Å². The number of fused-ring (bicyclic) bond motifs is 1. The highest BCUT2D eigenvalue weighted by molar-refractivity contribution is 9.10. The van der Waals surface area contributed by atoms with E-state index in [1.54, 1.807) is 21.4 Å². The Labute approximate surface area is 129 Å².